The molecule has 0 heterocycles. The highest BCUT2D eigenvalue weighted by Crippen LogP contribution is 2.10. The maximum Gasteiger partial charge on any atom is 0.0361 e. The van der Waals surface area contributed by atoms with Gasteiger partial charge in [-0.15, -0.1) is 0 Å². The lowest BCUT2D eigenvalue weighted by Gasteiger charge is -2.11. The fourth-order valence-electron chi connectivity index (χ4n) is 1.56. The highest BCUT2D eigenvalue weighted by molar-refractivity contribution is 5.45. The Hall–Kier alpha value is -1.50. The molecule has 0 aliphatic heterocycles. The Morgan fingerprint density at radius 2 is 1.33 bits per heavy atom. The molecule has 0 atom stereocenters. The molecule has 1 aliphatic rings. The maximum absolute atomic E-state index is 2.26. The zero-order valence-corrected chi connectivity index (χ0v) is 15.4. The van der Waals surface area contributed by atoms with Crippen molar-refractivity contribution in [3.05, 3.63) is 53.6 Å². The summed E-state index contributed by atoms with van der Waals surface area (Å²) < 4.78 is 0. The van der Waals surface area contributed by atoms with Gasteiger partial charge in [0.05, 0.1) is 0 Å². The van der Waals surface area contributed by atoms with Crippen LogP contribution in [0.25, 0.3) is 0 Å². The molecule has 1 aromatic carbocycles. The van der Waals surface area contributed by atoms with E-state index >= 15 is 0 Å². The number of hydrogen-bond acceptors (Lipinski definition) is 1. The van der Waals surface area contributed by atoms with E-state index in [1.807, 2.05) is 41.8 Å². The maximum atomic E-state index is 2.26. The molecule has 1 heteroatoms. The molecule has 0 saturated carbocycles. The molecular formula is C20H35N. The highest BCUT2D eigenvalue weighted by atomic mass is 15.1. The average Bonchev–Trinajstić information content (AvgIpc) is 2.53. The first-order valence-corrected chi connectivity index (χ1v) is 8.14. The topological polar surface area (TPSA) is 3.24 Å². The van der Waals surface area contributed by atoms with Crippen molar-refractivity contribution >= 4 is 5.69 Å². The molecule has 0 fully saturated rings. The summed E-state index contributed by atoms with van der Waals surface area (Å²) in [5, 5.41) is 0. The molecule has 0 spiro atoms. The summed E-state index contributed by atoms with van der Waals surface area (Å²) in [6.45, 7) is 12.3. The van der Waals surface area contributed by atoms with E-state index in [0.717, 1.165) is 6.42 Å². The van der Waals surface area contributed by atoms with Gasteiger partial charge in [0.25, 0.3) is 0 Å². The van der Waals surface area contributed by atoms with E-state index < -0.39 is 0 Å². The van der Waals surface area contributed by atoms with Gasteiger partial charge < -0.3 is 4.90 Å². The Bertz CT molecular complexity index is 383. The Morgan fingerprint density at radius 3 is 1.62 bits per heavy atom. The quantitative estimate of drug-likeness (QED) is 0.541. The van der Waals surface area contributed by atoms with Crippen LogP contribution in [0.4, 0.5) is 5.69 Å². The van der Waals surface area contributed by atoms with Gasteiger partial charge in [-0.25, -0.2) is 0 Å². The number of rotatable bonds is 1. The fourth-order valence-corrected chi connectivity index (χ4v) is 1.56. The van der Waals surface area contributed by atoms with Crippen molar-refractivity contribution in [2.75, 3.05) is 19.0 Å². The van der Waals surface area contributed by atoms with E-state index in [1.165, 1.54) is 23.2 Å². The van der Waals surface area contributed by atoms with Crippen LogP contribution in [0.3, 0.4) is 0 Å². The van der Waals surface area contributed by atoms with Gasteiger partial charge in [0, 0.05) is 19.8 Å². The van der Waals surface area contributed by atoms with Crippen molar-refractivity contribution in [3.8, 4) is 0 Å². The van der Waals surface area contributed by atoms with E-state index in [2.05, 4.69) is 61.2 Å². The van der Waals surface area contributed by atoms with Crippen LogP contribution in [0.2, 0.25) is 0 Å². The molecule has 0 radical (unpaired) electrons. The zero-order valence-electron chi connectivity index (χ0n) is 15.4. The fraction of sp³-hybridized carbons (Fsp3) is 0.500. The van der Waals surface area contributed by atoms with Crippen molar-refractivity contribution in [1.29, 1.82) is 0 Å². The van der Waals surface area contributed by atoms with Crippen LogP contribution in [0.5, 0.6) is 0 Å². The monoisotopic (exact) mass is 289 g/mol. The Morgan fingerprint density at radius 1 is 0.810 bits per heavy atom. The number of allylic oxidation sites excluding steroid dienone is 4. The second-order valence-corrected chi connectivity index (χ2v) is 4.69. The Kier molecular flexibility index (Phi) is 15.5. The molecule has 0 N–H and O–H groups in total. The minimum atomic E-state index is 1.14. The third kappa shape index (κ3) is 12.0. The van der Waals surface area contributed by atoms with Crippen LogP contribution in [0.15, 0.2) is 48.1 Å². The lowest BCUT2D eigenvalue weighted by atomic mass is 10.1. The number of benzene rings is 1. The molecule has 1 nitrogen and oxygen atoms in total. The molecule has 1 aliphatic carbocycles. The lowest BCUT2D eigenvalue weighted by Crippen LogP contribution is -2.07. The SMILES string of the molecule is CC.CC.CC1=CCC=CC1.Cc1ccc(N(C)C)cc1. The normalized spacial score (nSPS) is 11.5. The van der Waals surface area contributed by atoms with E-state index in [9.17, 15) is 0 Å². The predicted octanol–water partition coefficient (Wildman–Crippen LogP) is 6.40. The number of hydrogen-bond donors (Lipinski definition) is 0. The molecule has 0 saturated heterocycles. The number of anilines is 1. The lowest BCUT2D eigenvalue weighted by molar-refractivity contribution is 1.12. The number of aryl methyl sites for hydroxylation is 1. The van der Waals surface area contributed by atoms with Crippen LogP contribution in [0.1, 0.15) is 53.0 Å². The van der Waals surface area contributed by atoms with Crippen molar-refractivity contribution in [1.82, 2.24) is 0 Å². The Labute approximate surface area is 133 Å². The second-order valence-electron chi connectivity index (χ2n) is 4.69. The van der Waals surface area contributed by atoms with Crippen molar-refractivity contribution in [3.63, 3.8) is 0 Å². The molecule has 120 valence electrons. The van der Waals surface area contributed by atoms with Crippen molar-refractivity contribution in [2.45, 2.75) is 54.4 Å². The molecular weight excluding hydrogens is 254 g/mol. The van der Waals surface area contributed by atoms with Gasteiger partial charge in [-0.05, 0) is 38.8 Å². The highest BCUT2D eigenvalue weighted by Gasteiger charge is 1.90. The summed E-state index contributed by atoms with van der Waals surface area (Å²) in [6, 6.07) is 8.48. The van der Waals surface area contributed by atoms with E-state index in [-0.39, 0.29) is 0 Å². The van der Waals surface area contributed by atoms with Crippen LogP contribution >= 0.6 is 0 Å². The van der Waals surface area contributed by atoms with Crippen LogP contribution in [0, 0.1) is 6.92 Å². The minimum Gasteiger partial charge on any atom is -0.378 e. The first-order valence-electron chi connectivity index (χ1n) is 8.14. The largest absolute Gasteiger partial charge is 0.378 e. The average molecular weight is 290 g/mol. The van der Waals surface area contributed by atoms with Gasteiger partial charge in [-0.3, -0.25) is 0 Å². The summed E-state index contributed by atoms with van der Waals surface area (Å²) in [7, 11) is 4.09. The van der Waals surface area contributed by atoms with Crippen LogP contribution in [-0.4, -0.2) is 14.1 Å². The van der Waals surface area contributed by atoms with Gasteiger partial charge >= 0.3 is 0 Å². The Balaban J connectivity index is 0. The summed E-state index contributed by atoms with van der Waals surface area (Å²) in [5.74, 6) is 0. The van der Waals surface area contributed by atoms with Crippen LogP contribution in [-0.2, 0) is 0 Å². The van der Waals surface area contributed by atoms with Gasteiger partial charge in [-0.1, -0.05) is 69.2 Å². The third-order valence-electron chi connectivity index (χ3n) is 2.76. The number of nitrogens with zero attached hydrogens (tertiary/aromatic N) is 1. The summed E-state index contributed by atoms with van der Waals surface area (Å²) in [5.41, 5.74) is 4.07. The van der Waals surface area contributed by atoms with Gasteiger partial charge in [0.1, 0.15) is 0 Å². The van der Waals surface area contributed by atoms with Crippen molar-refractivity contribution in [2.24, 2.45) is 0 Å². The summed E-state index contributed by atoms with van der Waals surface area (Å²) >= 11 is 0. The molecule has 1 aromatic rings. The van der Waals surface area contributed by atoms with Crippen LogP contribution < -0.4 is 4.90 Å². The van der Waals surface area contributed by atoms with E-state index in [0.29, 0.717) is 0 Å². The van der Waals surface area contributed by atoms with Crippen molar-refractivity contribution < 1.29 is 0 Å². The molecule has 2 rings (SSSR count). The molecule has 0 bridgehead atoms. The minimum absolute atomic E-state index is 1.14. The van der Waals surface area contributed by atoms with E-state index in [4.69, 9.17) is 0 Å². The molecule has 0 unspecified atom stereocenters. The first kappa shape index (κ1) is 21.8. The van der Waals surface area contributed by atoms with Gasteiger partial charge in [0.15, 0.2) is 0 Å². The molecule has 0 amide bonds. The van der Waals surface area contributed by atoms with E-state index in [1.54, 1.807) is 0 Å². The first-order chi connectivity index (χ1) is 10.1. The van der Waals surface area contributed by atoms with Gasteiger partial charge in [-0.2, -0.15) is 0 Å². The van der Waals surface area contributed by atoms with Gasteiger partial charge in [0.2, 0.25) is 0 Å². The smallest absolute Gasteiger partial charge is 0.0361 e. The standard InChI is InChI=1S/C9H13N.C7H10.2C2H6/c1-8-4-6-9(7-5-8)10(2)3;1-7-5-3-2-4-6-7;2*1-2/h4-7H,1-3H3;2-3,6H,4-5H2,1H3;2*1-2H3. The summed E-state index contributed by atoms with van der Waals surface area (Å²) in [4.78, 5) is 2.10. The third-order valence-corrected chi connectivity index (χ3v) is 2.76. The zero-order chi connectivity index (χ0) is 16.7. The predicted molar refractivity (Wildman–Crippen MR) is 100 cm³/mol. The second kappa shape index (κ2) is 14.9. The molecule has 21 heavy (non-hydrogen) atoms. The summed E-state index contributed by atoms with van der Waals surface area (Å²) in [6.07, 6.45) is 8.99. The molecule has 0 aromatic heterocycles.